The topological polar surface area (TPSA) is 46.5 Å². The van der Waals surface area contributed by atoms with E-state index in [9.17, 15) is 0 Å². The highest BCUT2D eigenvalue weighted by molar-refractivity contribution is 7.10. The van der Waals surface area contributed by atoms with Crippen molar-refractivity contribution in [2.75, 3.05) is 0 Å². The average Bonchev–Trinajstić information content (AvgIpc) is 1.38. The molecule has 4 heteroatoms. The maximum absolute atomic E-state index is 9.12. The first-order valence-corrected chi connectivity index (χ1v) is 1.34. The summed E-state index contributed by atoms with van der Waals surface area (Å²) in [5, 5.41) is 7.48. The molecule has 0 amide bonds. The van der Waals surface area contributed by atoms with Gasteiger partial charge in [0.1, 0.15) is 0 Å². The van der Waals surface area contributed by atoms with Crippen LogP contribution in [0.5, 0.6) is 0 Å². The van der Waals surface area contributed by atoms with Gasteiger partial charge in [-0.15, -0.1) is 0 Å². The van der Waals surface area contributed by atoms with Gasteiger partial charge in [0.05, 0.1) is 9.47 Å². The fourth-order valence-electron chi connectivity index (χ4n) is 0. The van der Waals surface area contributed by atoms with Crippen molar-refractivity contribution in [2.45, 2.75) is 0 Å². The van der Waals surface area contributed by atoms with Crippen LogP contribution in [-0.4, -0.2) is 11.3 Å². The molecule has 0 saturated carbocycles. The summed E-state index contributed by atoms with van der Waals surface area (Å²) in [6.07, 6.45) is -1.28. The van der Waals surface area contributed by atoms with Crippen LogP contribution in [0.4, 0.5) is 4.79 Å². The lowest BCUT2D eigenvalue weighted by Crippen LogP contribution is -1.84. The molecule has 5 heavy (non-hydrogen) atoms. The van der Waals surface area contributed by atoms with E-state index in [2.05, 4.69) is 4.52 Å². The summed E-state index contributed by atoms with van der Waals surface area (Å²) in [5.41, 5.74) is 0. The highest BCUT2D eigenvalue weighted by Gasteiger charge is 1.81. The minimum Gasteiger partial charge on any atom is -0.450 e. The molecule has 30 valence electrons. The Morgan fingerprint density at radius 3 is 2.20 bits per heavy atom. The van der Waals surface area contributed by atoms with Gasteiger partial charge in [-0.2, -0.15) is 0 Å². The first kappa shape index (κ1) is 4.70. The molecule has 0 bridgehead atoms. The molecule has 0 saturated heterocycles. The molecule has 0 aromatic heterocycles. The maximum Gasteiger partial charge on any atom is 0.507 e. The number of rotatable bonds is 0. The largest absolute Gasteiger partial charge is 0.507 e. The van der Waals surface area contributed by atoms with Gasteiger partial charge < -0.3 is 9.63 Å². The van der Waals surface area contributed by atoms with Crippen LogP contribution in [0.25, 0.3) is 0 Å². The van der Waals surface area contributed by atoms with Crippen molar-refractivity contribution in [2.24, 2.45) is 0 Å². The van der Waals surface area contributed by atoms with Crippen LogP contribution < -0.4 is 0 Å². The first-order valence-electron chi connectivity index (χ1n) is 0.868. The Hall–Kier alpha value is -0.300. The Morgan fingerprint density at radius 1 is 2.00 bits per heavy atom. The van der Waals surface area contributed by atoms with E-state index in [1.165, 1.54) is 0 Å². The van der Waals surface area contributed by atoms with Gasteiger partial charge in [-0.05, 0) is 0 Å². The van der Waals surface area contributed by atoms with Crippen molar-refractivity contribution >= 4 is 15.6 Å². The minimum atomic E-state index is -1.28. The fraction of sp³-hybridized carbons (Fsp3) is 0. The van der Waals surface area contributed by atoms with Crippen LogP contribution in [0.1, 0.15) is 0 Å². The van der Waals surface area contributed by atoms with Gasteiger partial charge in [-0.3, -0.25) is 0 Å². The zero-order chi connectivity index (χ0) is 4.28. The van der Waals surface area contributed by atoms with Gasteiger partial charge in [0.2, 0.25) is 0 Å². The molecule has 0 aliphatic heterocycles. The standard InChI is InChI=1S/CH3O3P/c2-1(3)4-5/h5H2,(H,2,3). The molecule has 1 N–H and O–H groups in total. The van der Waals surface area contributed by atoms with Crippen molar-refractivity contribution in [1.29, 1.82) is 0 Å². The van der Waals surface area contributed by atoms with Crippen LogP contribution in [-0.2, 0) is 4.52 Å². The number of hydrogen-bond donors (Lipinski definition) is 1. The monoisotopic (exact) mass is 94.0 g/mol. The second-order valence-electron chi connectivity index (χ2n) is 0.384. The second-order valence-corrected chi connectivity index (χ2v) is 0.619. The van der Waals surface area contributed by atoms with Gasteiger partial charge >= 0.3 is 6.16 Å². The molecule has 0 aromatic carbocycles. The summed E-state index contributed by atoms with van der Waals surface area (Å²) < 4.78 is 3.58. The van der Waals surface area contributed by atoms with Crippen molar-refractivity contribution in [3.8, 4) is 0 Å². The predicted octanol–water partition coefficient (Wildman–Crippen LogP) is 0.471. The second kappa shape index (κ2) is 1.97. The summed E-state index contributed by atoms with van der Waals surface area (Å²) >= 11 is 0. The highest BCUT2D eigenvalue weighted by atomic mass is 31.0. The van der Waals surface area contributed by atoms with Crippen molar-refractivity contribution in [3.63, 3.8) is 0 Å². The molecule has 0 aliphatic carbocycles. The number of carboxylic acid groups (broad SMARTS) is 1. The van der Waals surface area contributed by atoms with E-state index < -0.39 is 6.16 Å². The quantitative estimate of drug-likeness (QED) is 0.444. The van der Waals surface area contributed by atoms with E-state index in [-0.39, 0.29) is 0 Å². The lowest BCUT2D eigenvalue weighted by atomic mass is 11.5. The average molecular weight is 94.0 g/mol. The third-order valence-electron chi connectivity index (χ3n) is 0.101. The molecule has 0 fully saturated rings. The molecule has 3 nitrogen and oxygen atoms in total. The van der Waals surface area contributed by atoms with Crippen molar-refractivity contribution in [1.82, 2.24) is 0 Å². The lowest BCUT2D eigenvalue weighted by molar-refractivity contribution is 0.152. The van der Waals surface area contributed by atoms with Gasteiger partial charge in [0, 0.05) is 0 Å². The Kier molecular flexibility index (Phi) is 1.85. The highest BCUT2D eigenvalue weighted by Crippen LogP contribution is 1.81. The summed E-state index contributed by atoms with van der Waals surface area (Å²) in [5.74, 6) is 0. The van der Waals surface area contributed by atoms with Crippen LogP contribution in [0, 0.1) is 0 Å². The molecule has 0 aromatic rings. The molecular weight excluding hydrogens is 91.0 g/mol. The van der Waals surface area contributed by atoms with Gasteiger partial charge in [0.15, 0.2) is 0 Å². The normalized spacial score (nSPS) is 6.60. The number of hydrogen-bond acceptors (Lipinski definition) is 2. The summed E-state index contributed by atoms with van der Waals surface area (Å²) in [7, 11) is 1.59. The molecule has 0 aliphatic rings. The third kappa shape index (κ3) is 3.70. The lowest BCUT2D eigenvalue weighted by Gasteiger charge is -1.78. The van der Waals surface area contributed by atoms with Crippen LogP contribution in [0.2, 0.25) is 0 Å². The Labute approximate surface area is 31.2 Å². The van der Waals surface area contributed by atoms with Crippen LogP contribution in [0.3, 0.4) is 0 Å². The van der Waals surface area contributed by atoms with Gasteiger partial charge in [0.25, 0.3) is 0 Å². The molecule has 0 heterocycles. The predicted molar refractivity (Wildman–Crippen MR) is 18.8 cm³/mol. The van der Waals surface area contributed by atoms with Crippen LogP contribution in [0.15, 0.2) is 0 Å². The fourth-order valence-corrected chi connectivity index (χ4v) is 0. The zero-order valence-corrected chi connectivity index (χ0v) is 3.50. The Balaban J connectivity index is 2.85. The Morgan fingerprint density at radius 2 is 2.20 bits per heavy atom. The number of carbonyl (C=O) groups is 1. The van der Waals surface area contributed by atoms with Crippen molar-refractivity contribution in [3.05, 3.63) is 0 Å². The van der Waals surface area contributed by atoms with Gasteiger partial charge in [-0.1, -0.05) is 0 Å². The van der Waals surface area contributed by atoms with Crippen molar-refractivity contribution < 1.29 is 14.4 Å². The van der Waals surface area contributed by atoms with E-state index in [0.717, 1.165) is 0 Å². The Bertz CT molecular complexity index is 42.2. The van der Waals surface area contributed by atoms with E-state index in [4.69, 9.17) is 9.90 Å². The van der Waals surface area contributed by atoms with E-state index in [1.54, 1.807) is 9.47 Å². The smallest absolute Gasteiger partial charge is 0.450 e. The molecule has 0 rings (SSSR count). The molecular formula is CH3O3P. The molecule has 0 radical (unpaired) electrons. The van der Waals surface area contributed by atoms with Gasteiger partial charge in [-0.25, -0.2) is 4.79 Å². The molecule has 1 unspecified atom stereocenters. The van der Waals surface area contributed by atoms with E-state index >= 15 is 0 Å². The SMILES string of the molecule is O=C(O)OP. The molecule has 0 spiro atoms. The van der Waals surface area contributed by atoms with E-state index in [1.807, 2.05) is 0 Å². The minimum absolute atomic E-state index is 1.28. The first-order chi connectivity index (χ1) is 2.27. The summed E-state index contributed by atoms with van der Waals surface area (Å²) in [6, 6.07) is 0. The van der Waals surface area contributed by atoms with Crippen LogP contribution >= 0.6 is 9.47 Å². The summed E-state index contributed by atoms with van der Waals surface area (Å²) in [4.78, 5) is 9.12. The molecule has 1 atom stereocenters. The zero-order valence-electron chi connectivity index (χ0n) is 2.34. The third-order valence-corrected chi connectivity index (χ3v) is 0.302. The van der Waals surface area contributed by atoms with E-state index in [0.29, 0.717) is 0 Å². The summed E-state index contributed by atoms with van der Waals surface area (Å²) in [6.45, 7) is 0. The maximum atomic E-state index is 9.12.